The number of aliphatic hydroxyl groups is 2. The first kappa shape index (κ1) is 50.2. The van der Waals surface area contributed by atoms with Crippen LogP contribution in [-0.2, 0) is 20.9 Å². The zero-order valence-electron chi connectivity index (χ0n) is 42.5. The Balaban J connectivity index is 0.640. The number of phenols is 1. The lowest BCUT2D eigenvalue weighted by molar-refractivity contribution is -0.139. The van der Waals surface area contributed by atoms with Gasteiger partial charge in [0.15, 0.2) is 5.82 Å². The molecule has 0 bridgehead atoms. The predicted molar refractivity (Wildman–Crippen MR) is 276 cm³/mol. The number of benzene rings is 2. The average molecular weight is 985 g/mol. The number of carbonyl (C=O) groups excluding carboxylic acids is 3. The Morgan fingerprint density at radius 3 is 2.24 bits per heavy atom. The number of β-amino-alcohol motifs (C(OH)–C–C–N with tert-alkyl or cyclic N) is 1. The highest BCUT2D eigenvalue weighted by Crippen LogP contribution is 2.55. The molecule has 2 aromatic carbocycles. The second-order valence-corrected chi connectivity index (χ2v) is 23.3. The summed E-state index contributed by atoms with van der Waals surface area (Å²) in [5, 5.41) is 51.5. The first-order valence-electron chi connectivity index (χ1n) is 26.8. The van der Waals surface area contributed by atoms with Gasteiger partial charge in [-0.25, -0.2) is 0 Å². The van der Waals surface area contributed by atoms with E-state index in [4.69, 9.17) is 6.42 Å². The monoisotopic (exact) mass is 985 g/mol. The minimum absolute atomic E-state index is 0.0321. The maximum absolute atomic E-state index is 14.0. The molecule has 4 saturated heterocycles. The van der Waals surface area contributed by atoms with Gasteiger partial charge in [0, 0.05) is 74.3 Å². The van der Waals surface area contributed by atoms with Crippen LogP contribution in [0, 0.1) is 35.0 Å². The second kappa shape index (κ2) is 20.9. The Morgan fingerprint density at radius 1 is 0.847 bits per heavy atom. The Kier molecular flexibility index (Phi) is 14.6. The fourth-order valence-electron chi connectivity index (χ4n) is 13.4. The van der Waals surface area contributed by atoms with E-state index in [1.807, 2.05) is 63.2 Å². The van der Waals surface area contributed by atoms with E-state index in [9.17, 15) is 29.7 Å². The topological polar surface area (TPSA) is 190 Å². The molecule has 1 spiro atoms. The van der Waals surface area contributed by atoms with Crippen LogP contribution in [0.4, 0.5) is 11.5 Å². The fourth-order valence-corrected chi connectivity index (χ4v) is 13.4. The van der Waals surface area contributed by atoms with Crippen molar-refractivity contribution in [3.05, 3.63) is 65.7 Å². The van der Waals surface area contributed by atoms with E-state index < -0.39 is 29.8 Å². The van der Waals surface area contributed by atoms with Crippen molar-refractivity contribution < 1.29 is 29.7 Å². The predicted octanol–water partition coefficient (Wildman–Crippen LogP) is 4.39. The van der Waals surface area contributed by atoms with E-state index >= 15 is 0 Å². The van der Waals surface area contributed by atoms with Crippen molar-refractivity contribution in [3.8, 4) is 29.4 Å². The lowest BCUT2D eigenvalue weighted by Gasteiger charge is -2.56. The number of nitrogens with zero attached hydrogens (tertiary/aromatic N) is 7. The number of nitrogens with one attached hydrogen (secondary N) is 3. The summed E-state index contributed by atoms with van der Waals surface area (Å²) in [5.74, 6) is 3.47. The van der Waals surface area contributed by atoms with Crippen LogP contribution in [0.25, 0.3) is 11.3 Å². The van der Waals surface area contributed by atoms with Gasteiger partial charge in [-0.05, 0) is 144 Å². The van der Waals surface area contributed by atoms with Crippen LogP contribution in [-0.4, -0.2) is 164 Å². The third-order valence-corrected chi connectivity index (χ3v) is 17.8. The number of hydrogen-bond donors (Lipinski definition) is 6. The lowest BCUT2D eigenvalue weighted by atomic mass is 9.56. The number of phenolic OH excluding ortho intramolecular Hbond substituents is 1. The summed E-state index contributed by atoms with van der Waals surface area (Å²) in [7, 11) is 0. The highest BCUT2D eigenvalue weighted by atomic mass is 16.3. The quantitative estimate of drug-likeness (QED) is 0.149. The molecule has 3 aromatic rings. The molecule has 386 valence electrons. The van der Waals surface area contributed by atoms with Crippen molar-refractivity contribution in [3.63, 3.8) is 0 Å². The molecule has 6 N–H and O–H groups in total. The number of piperazine rings is 1. The number of piperidine rings is 2. The molecule has 7 aliphatic rings. The van der Waals surface area contributed by atoms with Crippen LogP contribution >= 0.6 is 0 Å². The van der Waals surface area contributed by atoms with Crippen molar-refractivity contribution in [1.29, 1.82) is 0 Å². The molecule has 5 aliphatic heterocycles. The first-order chi connectivity index (χ1) is 34.6. The highest BCUT2D eigenvalue weighted by molar-refractivity contribution is 5.83. The number of para-hydroxylation sites is 1. The molecule has 5 atom stereocenters. The summed E-state index contributed by atoms with van der Waals surface area (Å²) in [6, 6.07) is 16.5. The smallest absolute Gasteiger partial charge is 0.237 e. The summed E-state index contributed by atoms with van der Waals surface area (Å²) in [4.78, 5) is 52.9. The summed E-state index contributed by atoms with van der Waals surface area (Å²) in [6.45, 7) is 13.4. The molecule has 10 rings (SSSR count). The molecule has 1 unspecified atom stereocenters. The molecule has 16 heteroatoms. The van der Waals surface area contributed by atoms with Gasteiger partial charge in [0.1, 0.15) is 12.0 Å². The van der Waals surface area contributed by atoms with Gasteiger partial charge in [-0.15, -0.1) is 16.6 Å². The third-order valence-electron chi connectivity index (χ3n) is 17.8. The van der Waals surface area contributed by atoms with E-state index in [2.05, 4.69) is 51.7 Å². The van der Waals surface area contributed by atoms with Gasteiger partial charge in [-0.1, -0.05) is 51.0 Å². The van der Waals surface area contributed by atoms with Gasteiger partial charge in [0.05, 0.1) is 35.6 Å². The van der Waals surface area contributed by atoms with Gasteiger partial charge < -0.3 is 50.9 Å². The standard InChI is InChI=1S/C56H76N10O6/c1-5-36-10-12-37(13-11-36)32-58-52(70)47-28-43(67)35-66(47)54(72)49(55(2,3)4)59-51(69)38-14-20-56(21-15-38)30-41(31-56)63-24-18-40(19-25-63)62-22-16-39(17-23-62)53(71)64-26-27-65-42(34-64)33-57-50-46(65)29-45(60-61-50)44-8-6-7-9-48(44)68/h1,6-13,29,38-43,47,49,54,67-68,72H,14-28,30-35H2,2-4H3,(H,57,61)(H,58,70)(H,59,69)/t38?,41?,42-,43+,47-,49+,54?,56?/m0/s1. The summed E-state index contributed by atoms with van der Waals surface area (Å²) < 4.78 is 0. The normalized spacial score (nSPS) is 28.5. The van der Waals surface area contributed by atoms with Gasteiger partial charge in [-0.2, -0.15) is 0 Å². The number of aromatic nitrogens is 2. The second-order valence-electron chi connectivity index (χ2n) is 23.3. The van der Waals surface area contributed by atoms with Crippen LogP contribution in [0.1, 0.15) is 103 Å². The number of fused-ring (bicyclic) bond motifs is 3. The van der Waals surface area contributed by atoms with Crippen LogP contribution in [0.15, 0.2) is 54.6 Å². The van der Waals surface area contributed by atoms with Crippen molar-refractivity contribution in [2.75, 3.05) is 69.1 Å². The Labute approximate surface area is 425 Å². The molecule has 72 heavy (non-hydrogen) atoms. The lowest BCUT2D eigenvalue weighted by Crippen LogP contribution is -2.61. The van der Waals surface area contributed by atoms with E-state index in [-0.39, 0.29) is 48.4 Å². The average Bonchev–Trinajstić information content (AvgIpc) is 3.79. The van der Waals surface area contributed by atoms with Crippen molar-refractivity contribution in [1.82, 2.24) is 40.4 Å². The molecule has 1 aromatic heterocycles. The molecular weight excluding hydrogens is 909 g/mol. The van der Waals surface area contributed by atoms with E-state index in [0.717, 1.165) is 93.9 Å². The van der Waals surface area contributed by atoms with Crippen molar-refractivity contribution in [2.45, 2.75) is 140 Å². The van der Waals surface area contributed by atoms with E-state index in [0.29, 0.717) is 60.8 Å². The minimum Gasteiger partial charge on any atom is -0.507 e. The summed E-state index contributed by atoms with van der Waals surface area (Å²) >= 11 is 0. The molecule has 0 radical (unpaired) electrons. The van der Waals surface area contributed by atoms with Crippen LogP contribution in [0.2, 0.25) is 0 Å². The Morgan fingerprint density at radius 2 is 1.54 bits per heavy atom. The maximum Gasteiger partial charge on any atom is 0.237 e. The van der Waals surface area contributed by atoms with Gasteiger partial charge in [-0.3, -0.25) is 19.3 Å². The van der Waals surface area contributed by atoms with E-state index in [1.165, 1.54) is 25.7 Å². The highest BCUT2D eigenvalue weighted by Gasteiger charge is 2.51. The maximum atomic E-state index is 14.0. The van der Waals surface area contributed by atoms with Crippen LogP contribution in [0.5, 0.6) is 5.75 Å². The Bertz CT molecular complexity index is 2460. The summed E-state index contributed by atoms with van der Waals surface area (Å²) in [5.41, 5.74) is 3.71. The molecule has 6 heterocycles. The largest absolute Gasteiger partial charge is 0.507 e. The number of aromatic hydroxyl groups is 1. The van der Waals surface area contributed by atoms with Crippen LogP contribution < -0.4 is 20.9 Å². The fraction of sp³-hybridized carbons (Fsp3) is 0.625. The third kappa shape index (κ3) is 10.6. The number of aliphatic hydroxyl groups excluding tert-OH is 2. The molecule has 2 saturated carbocycles. The zero-order valence-corrected chi connectivity index (χ0v) is 42.5. The SMILES string of the molecule is C#Cc1ccc(CNC(=O)[C@@H]2C[C@@H](O)CN2C(O)[C@@H](NC(=O)C2CCC3(CC2)CC(N2CCC(N4CCC(C(=O)N5CCN6c7cc(-c8ccccc8O)nnc7NC[C@H]6C5)CC4)CC2)C3)C(C)(C)C)cc1. The van der Waals surface area contributed by atoms with Crippen LogP contribution in [0.3, 0.4) is 0 Å². The Hall–Kier alpha value is -5.31. The number of likely N-dealkylation sites (tertiary alicyclic amines) is 3. The molecule has 6 fully saturated rings. The van der Waals surface area contributed by atoms with Crippen molar-refractivity contribution >= 4 is 29.2 Å². The first-order valence-corrected chi connectivity index (χ1v) is 26.8. The van der Waals surface area contributed by atoms with Gasteiger partial charge in [0.25, 0.3) is 0 Å². The van der Waals surface area contributed by atoms with E-state index in [1.54, 1.807) is 17.0 Å². The minimum atomic E-state index is -1.16. The molecule has 2 aliphatic carbocycles. The number of terminal acetylenes is 1. The number of amides is 3. The molecule has 16 nitrogen and oxygen atoms in total. The molecular formula is C56H76N10O6. The number of rotatable bonds is 11. The summed E-state index contributed by atoms with van der Waals surface area (Å²) in [6.07, 6.45) is 14.1. The number of hydrogen-bond acceptors (Lipinski definition) is 13. The van der Waals surface area contributed by atoms with Crippen molar-refractivity contribution in [2.24, 2.45) is 22.7 Å². The van der Waals surface area contributed by atoms with Gasteiger partial charge in [0.2, 0.25) is 17.7 Å². The molecule has 3 amide bonds. The number of anilines is 2. The van der Waals surface area contributed by atoms with Gasteiger partial charge >= 0.3 is 0 Å². The number of carbonyl (C=O) groups is 3. The zero-order chi connectivity index (χ0) is 50.3.